The fourth-order valence-corrected chi connectivity index (χ4v) is 3.79. The van der Waals surface area contributed by atoms with E-state index in [0.717, 1.165) is 51.9 Å². The first kappa shape index (κ1) is 16.1. The van der Waals surface area contributed by atoms with Crippen molar-refractivity contribution in [3.63, 3.8) is 0 Å². The van der Waals surface area contributed by atoms with Gasteiger partial charge in [0.25, 0.3) is 0 Å². The number of hydrogen-bond acceptors (Lipinski definition) is 3. The third kappa shape index (κ3) is 3.66. The van der Waals surface area contributed by atoms with Crippen LogP contribution in [0.5, 0.6) is 0 Å². The molecule has 0 radical (unpaired) electrons. The van der Waals surface area contributed by atoms with Gasteiger partial charge in [-0.3, -0.25) is 4.79 Å². The van der Waals surface area contributed by atoms with Gasteiger partial charge in [0.1, 0.15) is 6.61 Å². The van der Waals surface area contributed by atoms with E-state index in [2.05, 4.69) is 5.32 Å². The van der Waals surface area contributed by atoms with Crippen molar-refractivity contribution in [2.45, 2.75) is 51.0 Å². The highest BCUT2D eigenvalue weighted by Crippen LogP contribution is 2.36. The normalized spacial score (nSPS) is 25.9. The maximum absolute atomic E-state index is 12.1. The Hall–Kier alpha value is -0.320. The summed E-state index contributed by atoms with van der Waals surface area (Å²) >= 11 is 0. The maximum atomic E-state index is 12.1. The Morgan fingerprint density at radius 2 is 1.90 bits per heavy atom. The summed E-state index contributed by atoms with van der Waals surface area (Å²) in [5.74, 6) is 0.202. The lowest BCUT2D eigenvalue weighted by molar-refractivity contribution is -0.140. The molecule has 0 bridgehead atoms. The molecule has 1 amide bonds. The molecule has 3 fully saturated rings. The highest BCUT2D eigenvalue weighted by atomic mass is 35.5. The third-order valence-electron chi connectivity index (χ3n) is 5.25. The van der Waals surface area contributed by atoms with Crippen molar-refractivity contribution in [1.29, 1.82) is 0 Å². The van der Waals surface area contributed by atoms with Gasteiger partial charge in [-0.05, 0) is 44.1 Å². The van der Waals surface area contributed by atoms with E-state index in [1.807, 2.05) is 4.90 Å². The predicted molar refractivity (Wildman–Crippen MR) is 81.2 cm³/mol. The van der Waals surface area contributed by atoms with Gasteiger partial charge in [0.05, 0.1) is 6.10 Å². The first-order valence-corrected chi connectivity index (χ1v) is 7.88. The summed E-state index contributed by atoms with van der Waals surface area (Å²) in [4.78, 5) is 14.2. The standard InChI is InChI=1S/C15H26N2O2.ClH/c18-14(11-19-13-3-1-2-4-13)17-9-6-15(7-10-17)5-8-16-12-15;/h13,16H,1-12H2;1H. The minimum Gasteiger partial charge on any atom is -0.368 e. The molecule has 0 aromatic rings. The smallest absolute Gasteiger partial charge is 0.248 e. The van der Waals surface area contributed by atoms with Crippen LogP contribution in [0.4, 0.5) is 0 Å². The molecule has 0 unspecified atom stereocenters. The van der Waals surface area contributed by atoms with Crippen LogP contribution in [0.2, 0.25) is 0 Å². The van der Waals surface area contributed by atoms with Gasteiger partial charge in [0, 0.05) is 19.6 Å². The second-order valence-corrected chi connectivity index (χ2v) is 6.53. The topological polar surface area (TPSA) is 41.6 Å². The molecule has 1 spiro atoms. The molecule has 3 aliphatic rings. The summed E-state index contributed by atoms with van der Waals surface area (Å²) in [7, 11) is 0. The van der Waals surface area contributed by atoms with Crippen molar-refractivity contribution in [1.82, 2.24) is 10.2 Å². The second-order valence-electron chi connectivity index (χ2n) is 6.53. The molecule has 116 valence electrons. The highest BCUT2D eigenvalue weighted by molar-refractivity contribution is 5.85. The number of ether oxygens (including phenoxy) is 1. The van der Waals surface area contributed by atoms with Crippen molar-refractivity contribution in [2.75, 3.05) is 32.8 Å². The van der Waals surface area contributed by atoms with Crippen LogP contribution in [0, 0.1) is 5.41 Å². The molecule has 0 atom stereocenters. The van der Waals surface area contributed by atoms with Crippen LogP contribution in [-0.4, -0.2) is 49.7 Å². The number of halogens is 1. The average Bonchev–Trinajstić information content (AvgIpc) is 3.09. The summed E-state index contributed by atoms with van der Waals surface area (Å²) in [6.07, 6.45) is 8.76. The zero-order chi connectivity index (χ0) is 13.1. The van der Waals surface area contributed by atoms with E-state index in [1.54, 1.807) is 0 Å². The van der Waals surface area contributed by atoms with Gasteiger partial charge < -0.3 is 15.0 Å². The number of piperidine rings is 1. The van der Waals surface area contributed by atoms with Gasteiger partial charge >= 0.3 is 0 Å². The van der Waals surface area contributed by atoms with Gasteiger partial charge in [-0.25, -0.2) is 0 Å². The first-order valence-electron chi connectivity index (χ1n) is 7.88. The molecule has 1 saturated carbocycles. The molecule has 4 nitrogen and oxygen atoms in total. The number of amides is 1. The summed E-state index contributed by atoms with van der Waals surface area (Å²) in [5, 5.41) is 3.46. The number of carbonyl (C=O) groups is 1. The lowest BCUT2D eigenvalue weighted by Gasteiger charge is -2.38. The Labute approximate surface area is 128 Å². The quantitative estimate of drug-likeness (QED) is 0.866. The number of rotatable bonds is 3. The van der Waals surface area contributed by atoms with E-state index < -0.39 is 0 Å². The molecule has 1 N–H and O–H groups in total. The fraction of sp³-hybridized carbons (Fsp3) is 0.933. The van der Waals surface area contributed by atoms with Gasteiger partial charge in [-0.2, -0.15) is 0 Å². The summed E-state index contributed by atoms with van der Waals surface area (Å²) in [6.45, 7) is 4.45. The average molecular weight is 303 g/mol. The van der Waals surface area contributed by atoms with Crippen molar-refractivity contribution in [3.8, 4) is 0 Å². The Bertz CT molecular complexity index is 316. The molecule has 5 heteroatoms. The lowest BCUT2D eigenvalue weighted by Crippen LogP contribution is -2.45. The Balaban J connectivity index is 0.00000147. The highest BCUT2D eigenvalue weighted by Gasteiger charge is 2.38. The molecule has 0 aromatic heterocycles. The molecule has 0 aromatic carbocycles. The van der Waals surface area contributed by atoms with E-state index in [9.17, 15) is 4.79 Å². The number of nitrogens with zero attached hydrogens (tertiary/aromatic N) is 1. The zero-order valence-electron chi connectivity index (χ0n) is 12.2. The predicted octanol–water partition coefficient (Wildman–Crippen LogP) is 1.97. The third-order valence-corrected chi connectivity index (χ3v) is 5.25. The van der Waals surface area contributed by atoms with Crippen LogP contribution in [0.3, 0.4) is 0 Å². The van der Waals surface area contributed by atoms with Crippen LogP contribution >= 0.6 is 12.4 Å². The van der Waals surface area contributed by atoms with E-state index in [1.165, 1.54) is 19.3 Å². The molecular formula is C15H27ClN2O2. The minimum atomic E-state index is 0. The van der Waals surface area contributed by atoms with Crippen LogP contribution in [0.15, 0.2) is 0 Å². The van der Waals surface area contributed by atoms with Crippen LogP contribution < -0.4 is 5.32 Å². The van der Waals surface area contributed by atoms with Gasteiger partial charge in [-0.15, -0.1) is 12.4 Å². The largest absolute Gasteiger partial charge is 0.368 e. The lowest BCUT2D eigenvalue weighted by atomic mass is 9.78. The molecule has 20 heavy (non-hydrogen) atoms. The number of nitrogens with one attached hydrogen (secondary N) is 1. The van der Waals surface area contributed by atoms with E-state index in [4.69, 9.17) is 4.74 Å². The fourth-order valence-electron chi connectivity index (χ4n) is 3.79. The Morgan fingerprint density at radius 1 is 1.20 bits per heavy atom. The molecule has 3 rings (SSSR count). The second kappa shape index (κ2) is 7.10. The Kier molecular flexibility index (Phi) is 5.70. The van der Waals surface area contributed by atoms with Crippen molar-refractivity contribution in [3.05, 3.63) is 0 Å². The van der Waals surface area contributed by atoms with Gasteiger partial charge in [-0.1, -0.05) is 12.8 Å². The number of hydrogen-bond donors (Lipinski definition) is 1. The van der Waals surface area contributed by atoms with Crippen LogP contribution in [0.25, 0.3) is 0 Å². The molecule has 1 aliphatic carbocycles. The number of carbonyl (C=O) groups excluding carboxylic acids is 1. The molecular weight excluding hydrogens is 276 g/mol. The Morgan fingerprint density at radius 3 is 2.50 bits per heavy atom. The van der Waals surface area contributed by atoms with Gasteiger partial charge in [0.2, 0.25) is 5.91 Å². The van der Waals surface area contributed by atoms with Gasteiger partial charge in [0.15, 0.2) is 0 Å². The van der Waals surface area contributed by atoms with Crippen molar-refractivity contribution >= 4 is 18.3 Å². The monoisotopic (exact) mass is 302 g/mol. The molecule has 2 aliphatic heterocycles. The van der Waals surface area contributed by atoms with Crippen LogP contribution in [-0.2, 0) is 9.53 Å². The van der Waals surface area contributed by atoms with Crippen LogP contribution in [0.1, 0.15) is 44.9 Å². The molecule has 2 saturated heterocycles. The SMILES string of the molecule is Cl.O=C(COC1CCCC1)N1CCC2(CCNC2)CC1. The summed E-state index contributed by atoms with van der Waals surface area (Å²) in [6, 6.07) is 0. The molecule has 2 heterocycles. The summed E-state index contributed by atoms with van der Waals surface area (Å²) < 4.78 is 5.73. The van der Waals surface area contributed by atoms with Crippen molar-refractivity contribution < 1.29 is 9.53 Å². The van der Waals surface area contributed by atoms with E-state index in [0.29, 0.717) is 18.1 Å². The minimum absolute atomic E-state index is 0. The van der Waals surface area contributed by atoms with E-state index in [-0.39, 0.29) is 18.3 Å². The zero-order valence-corrected chi connectivity index (χ0v) is 13.1. The first-order chi connectivity index (χ1) is 9.27. The number of likely N-dealkylation sites (tertiary alicyclic amines) is 1. The maximum Gasteiger partial charge on any atom is 0.248 e. The van der Waals surface area contributed by atoms with Crippen molar-refractivity contribution in [2.24, 2.45) is 5.41 Å². The van der Waals surface area contributed by atoms with E-state index >= 15 is 0 Å². The summed E-state index contributed by atoms with van der Waals surface area (Å²) in [5.41, 5.74) is 0.489.